The Morgan fingerprint density at radius 2 is 1.20 bits per heavy atom. The molecule has 0 aromatic rings. The summed E-state index contributed by atoms with van der Waals surface area (Å²) in [6.45, 7) is 0. The molecule has 0 N–H and O–H groups in total. The average Bonchev–Trinajstić information content (AvgIpc) is 2.50. The molecule has 0 unspecified atom stereocenters. The van der Waals surface area contributed by atoms with E-state index in [0.717, 1.165) is 51.4 Å². The fraction of sp³-hybridized carbons (Fsp3) is 0.875. The SMILES string of the molecule is COC(=O)[C@@]12CCCC[C@@H]1[C@H]1CCCC[C@]12C(=O)OC. The lowest BCUT2D eigenvalue weighted by Crippen LogP contribution is -2.73. The zero-order valence-corrected chi connectivity index (χ0v) is 12.4. The number of carbonyl (C=O) groups excluding carboxylic acids is 2. The van der Waals surface area contributed by atoms with Gasteiger partial charge in [0.05, 0.1) is 25.0 Å². The van der Waals surface area contributed by atoms with Gasteiger partial charge in [-0.1, -0.05) is 25.7 Å². The van der Waals surface area contributed by atoms with Gasteiger partial charge < -0.3 is 9.47 Å². The number of ether oxygens (including phenoxy) is 2. The molecule has 0 heterocycles. The number of methoxy groups -OCH3 is 2. The quantitative estimate of drug-likeness (QED) is 0.730. The van der Waals surface area contributed by atoms with E-state index < -0.39 is 10.8 Å². The monoisotopic (exact) mass is 280 g/mol. The summed E-state index contributed by atoms with van der Waals surface area (Å²) in [5, 5.41) is 0. The molecule has 4 nitrogen and oxygen atoms in total. The van der Waals surface area contributed by atoms with Crippen molar-refractivity contribution in [3.8, 4) is 0 Å². The second-order valence-corrected chi connectivity index (χ2v) is 6.63. The van der Waals surface area contributed by atoms with E-state index >= 15 is 0 Å². The Morgan fingerprint density at radius 3 is 1.55 bits per heavy atom. The molecule has 0 amide bonds. The molecule has 3 fully saturated rings. The van der Waals surface area contributed by atoms with Crippen LogP contribution in [-0.2, 0) is 19.1 Å². The van der Waals surface area contributed by atoms with Crippen LogP contribution in [0.4, 0.5) is 0 Å². The van der Waals surface area contributed by atoms with Crippen molar-refractivity contribution in [3.63, 3.8) is 0 Å². The molecule has 0 aliphatic heterocycles. The number of hydrogen-bond donors (Lipinski definition) is 0. The minimum absolute atomic E-state index is 0.175. The van der Waals surface area contributed by atoms with Crippen LogP contribution >= 0.6 is 0 Å². The molecule has 3 rings (SSSR count). The van der Waals surface area contributed by atoms with Crippen molar-refractivity contribution in [2.24, 2.45) is 22.7 Å². The molecule has 3 saturated carbocycles. The van der Waals surface area contributed by atoms with E-state index in [9.17, 15) is 9.59 Å². The van der Waals surface area contributed by atoms with Crippen molar-refractivity contribution in [1.82, 2.24) is 0 Å². The zero-order valence-electron chi connectivity index (χ0n) is 12.4. The third-order valence-corrected chi connectivity index (χ3v) is 6.32. The predicted molar refractivity (Wildman–Crippen MR) is 72.8 cm³/mol. The van der Waals surface area contributed by atoms with Crippen LogP contribution in [0.3, 0.4) is 0 Å². The van der Waals surface area contributed by atoms with Crippen LogP contribution in [0.2, 0.25) is 0 Å². The van der Waals surface area contributed by atoms with E-state index in [-0.39, 0.29) is 11.9 Å². The fourth-order valence-electron chi connectivity index (χ4n) is 5.74. The Hall–Kier alpha value is -1.06. The summed E-state index contributed by atoms with van der Waals surface area (Å²) in [7, 11) is 2.90. The standard InChI is InChI=1S/C16H24O4/c1-19-13(17)15-9-5-3-7-11(15)12-8-4-6-10-16(12,15)14(18)20-2/h11-12H,3-10H2,1-2H3/t11-,12-,15-,16-/m1/s1. The van der Waals surface area contributed by atoms with Gasteiger partial charge in [0, 0.05) is 0 Å². The van der Waals surface area contributed by atoms with Crippen LogP contribution in [0.25, 0.3) is 0 Å². The number of fused-ring (bicyclic) bond motifs is 4. The Morgan fingerprint density at radius 1 is 0.800 bits per heavy atom. The van der Waals surface area contributed by atoms with E-state index in [0.29, 0.717) is 11.8 Å². The predicted octanol–water partition coefficient (Wildman–Crippen LogP) is 2.70. The molecule has 0 bridgehead atoms. The van der Waals surface area contributed by atoms with E-state index in [1.54, 1.807) is 0 Å². The Labute approximate surface area is 120 Å². The van der Waals surface area contributed by atoms with Gasteiger partial charge in [-0.05, 0) is 37.5 Å². The highest BCUT2D eigenvalue weighted by Gasteiger charge is 2.79. The number of esters is 2. The summed E-state index contributed by atoms with van der Waals surface area (Å²) >= 11 is 0. The van der Waals surface area contributed by atoms with Crippen LogP contribution in [0.1, 0.15) is 51.4 Å². The van der Waals surface area contributed by atoms with Crippen molar-refractivity contribution < 1.29 is 19.1 Å². The molecule has 3 aliphatic carbocycles. The first-order valence-corrected chi connectivity index (χ1v) is 7.82. The first-order chi connectivity index (χ1) is 9.65. The topological polar surface area (TPSA) is 52.6 Å². The van der Waals surface area contributed by atoms with Gasteiger partial charge in [-0.2, -0.15) is 0 Å². The second-order valence-electron chi connectivity index (χ2n) is 6.63. The molecule has 3 aliphatic rings. The highest BCUT2D eigenvalue weighted by atomic mass is 16.5. The first kappa shape index (κ1) is 13.9. The maximum atomic E-state index is 12.6. The summed E-state index contributed by atoms with van der Waals surface area (Å²) in [6.07, 6.45) is 8.03. The highest BCUT2D eigenvalue weighted by molar-refractivity contribution is 5.92. The van der Waals surface area contributed by atoms with Gasteiger partial charge in [0.1, 0.15) is 0 Å². The number of hydrogen-bond acceptors (Lipinski definition) is 4. The molecule has 0 aromatic carbocycles. The number of rotatable bonds is 2. The van der Waals surface area contributed by atoms with Gasteiger partial charge in [0.2, 0.25) is 0 Å². The maximum absolute atomic E-state index is 12.6. The Kier molecular flexibility index (Phi) is 3.30. The van der Waals surface area contributed by atoms with Crippen LogP contribution in [0, 0.1) is 22.7 Å². The van der Waals surface area contributed by atoms with Gasteiger partial charge in [0.25, 0.3) is 0 Å². The average molecular weight is 280 g/mol. The molecule has 0 radical (unpaired) electrons. The minimum atomic E-state index is -0.599. The van der Waals surface area contributed by atoms with E-state index in [1.165, 1.54) is 14.2 Å². The Bertz CT molecular complexity index is 392. The first-order valence-electron chi connectivity index (χ1n) is 7.82. The maximum Gasteiger partial charge on any atom is 0.313 e. The molecular weight excluding hydrogens is 256 g/mol. The lowest BCUT2D eigenvalue weighted by molar-refractivity contribution is -0.257. The van der Waals surface area contributed by atoms with Crippen LogP contribution in [-0.4, -0.2) is 26.2 Å². The van der Waals surface area contributed by atoms with Crippen LogP contribution in [0.5, 0.6) is 0 Å². The summed E-state index contributed by atoms with van der Waals surface area (Å²) in [5.41, 5.74) is -1.20. The van der Waals surface area contributed by atoms with Gasteiger partial charge in [-0.3, -0.25) is 9.59 Å². The van der Waals surface area contributed by atoms with Crippen molar-refractivity contribution in [2.45, 2.75) is 51.4 Å². The van der Waals surface area contributed by atoms with Crippen molar-refractivity contribution in [2.75, 3.05) is 14.2 Å². The summed E-state index contributed by atoms with van der Waals surface area (Å²) in [6, 6.07) is 0. The van der Waals surface area contributed by atoms with Crippen LogP contribution in [0.15, 0.2) is 0 Å². The molecule has 4 heteroatoms. The van der Waals surface area contributed by atoms with E-state index in [4.69, 9.17) is 9.47 Å². The van der Waals surface area contributed by atoms with Gasteiger partial charge in [-0.15, -0.1) is 0 Å². The minimum Gasteiger partial charge on any atom is -0.469 e. The molecule has 0 saturated heterocycles. The molecule has 20 heavy (non-hydrogen) atoms. The summed E-state index contributed by atoms with van der Waals surface area (Å²) in [5.74, 6) is 0.294. The highest BCUT2D eigenvalue weighted by Crippen LogP contribution is 2.74. The normalized spacial score (nSPS) is 42.7. The van der Waals surface area contributed by atoms with E-state index in [2.05, 4.69) is 0 Å². The lowest BCUT2D eigenvalue weighted by atomic mass is 9.32. The van der Waals surface area contributed by atoms with Gasteiger partial charge >= 0.3 is 11.9 Å². The molecule has 0 spiro atoms. The summed E-state index contributed by atoms with van der Waals surface area (Å²) in [4.78, 5) is 25.2. The molecule has 0 aromatic heterocycles. The van der Waals surface area contributed by atoms with Crippen molar-refractivity contribution in [3.05, 3.63) is 0 Å². The number of carbonyl (C=O) groups is 2. The van der Waals surface area contributed by atoms with E-state index in [1.807, 2.05) is 0 Å². The Balaban J connectivity index is 2.08. The third-order valence-electron chi connectivity index (χ3n) is 6.32. The van der Waals surface area contributed by atoms with Crippen molar-refractivity contribution in [1.29, 1.82) is 0 Å². The summed E-state index contributed by atoms with van der Waals surface area (Å²) < 4.78 is 10.3. The van der Waals surface area contributed by atoms with Gasteiger partial charge in [-0.25, -0.2) is 0 Å². The largest absolute Gasteiger partial charge is 0.469 e. The van der Waals surface area contributed by atoms with Crippen molar-refractivity contribution >= 4 is 11.9 Å². The second kappa shape index (κ2) is 4.74. The third kappa shape index (κ3) is 1.38. The smallest absolute Gasteiger partial charge is 0.313 e. The van der Waals surface area contributed by atoms with Crippen LogP contribution < -0.4 is 0 Å². The molecular formula is C16H24O4. The van der Waals surface area contributed by atoms with Gasteiger partial charge in [0.15, 0.2) is 0 Å². The fourth-order valence-corrected chi connectivity index (χ4v) is 5.74. The zero-order chi connectivity index (χ0) is 14.4. The molecule has 112 valence electrons. The molecule has 4 atom stereocenters. The lowest BCUT2D eigenvalue weighted by Gasteiger charge is -2.69.